The summed E-state index contributed by atoms with van der Waals surface area (Å²) in [6.07, 6.45) is 4.97. The maximum absolute atomic E-state index is 13.0. The molecule has 3 rings (SSSR count). The topological polar surface area (TPSA) is 50.3 Å². The van der Waals surface area contributed by atoms with Crippen molar-refractivity contribution in [3.8, 4) is 0 Å². The number of piperidine rings is 1. The molecule has 1 unspecified atom stereocenters. The smallest absolute Gasteiger partial charge is 0.222 e. The van der Waals surface area contributed by atoms with Crippen molar-refractivity contribution >= 4 is 34.8 Å². The van der Waals surface area contributed by atoms with Crippen LogP contribution in [-0.2, 0) is 11.2 Å². The van der Waals surface area contributed by atoms with Gasteiger partial charge in [0.1, 0.15) is 0 Å². The van der Waals surface area contributed by atoms with E-state index in [-0.39, 0.29) is 17.6 Å². The van der Waals surface area contributed by atoms with Crippen molar-refractivity contribution in [3.05, 3.63) is 45.9 Å². The summed E-state index contributed by atoms with van der Waals surface area (Å²) < 4.78 is 0. The van der Waals surface area contributed by atoms with Gasteiger partial charge >= 0.3 is 0 Å². The van der Waals surface area contributed by atoms with Gasteiger partial charge in [0.25, 0.3) is 0 Å². The van der Waals surface area contributed by atoms with E-state index in [4.69, 9.17) is 0 Å². The minimum atomic E-state index is -0.0915. The van der Waals surface area contributed by atoms with Crippen molar-refractivity contribution in [1.29, 1.82) is 0 Å². The first-order valence-electron chi connectivity index (χ1n) is 8.94. The fourth-order valence-corrected chi connectivity index (χ4v) is 4.81. The lowest BCUT2D eigenvalue weighted by atomic mass is 9.89. The van der Waals surface area contributed by atoms with E-state index in [1.165, 1.54) is 4.88 Å². The van der Waals surface area contributed by atoms with Crippen molar-refractivity contribution in [2.24, 2.45) is 5.92 Å². The average Bonchev–Trinajstić information content (AvgIpc) is 3.10. The first-order valence-corrected chi connectivity index (χ1v) is 11.0. The van der Waals surface area contributed by atoms with Crippen molar-refractivity contribution in [2.45, 2.75) is 37.5 Å². The molecule has 1 atom stereocenters. The molecule has 0 N–H and O–H groups in total. The van der Waals surface area contributed by atoms with Crippen LogP contribution in [0.2, 0.25) is 0 Å². The van der Waals surface area contributed by atoms with Crippen LogP contribution < -0.4 is 0 Å². The Balaban J connectivity index is 1.62. The van der Waals surface area contributed by atoms with Crippen molar-refractivity contribution < 1.29 is 9.59 Å². The highest BCUT2D eigenvalue weighted by atomic mass is 32.2. The number of carbonyl (C=O) groups excluding carboxylic acids is 2. The quantitative estimate of drug-likeness (QED) is 0.549. The summed E-state index contributed by atoms with van der Waals surface area (Å²) in [5, 5.41) is 0. The van der Waals surface area contributed by atoms with Gasteiger partial charge in [0.15, 0.2) is 5.78 Å². The van der Waals surface area contributed by atoms with Gasteiger partial charge in [0.2, 0.25) is 5.91 Å². The molecule has 1 fully saturated rings. The lowest BCUT2D eigenvalue weighted by Gasteiger charge is -2.32. The second kappa shape index (κ2) is 8.82. The number of ketones is 1. The fraction of sp³-hybridized carbons (Fsp3) is 0.450. The number of carbonyl (C=O) groups is 2. The Bertz CT molecular complexity index is 788. The number of thiazole rings is 1. The van der Waals surface area contributed by atoms with E-state index in [0.29, 0.717) is 13.0 Å². The minimum absolute atomic E-state index is 0.0915. The van der Waals surface area contributed by atoms with E-state index in [0.717, 1.165) is 42.0 Å². The summed E-state index contributed by atoms with van der Waals surface area (Å²) in [6.45, 7) is 3.28. The Morgan fingerprint density at radius 2 is 2.15 bits per heavy atom. The number of hydrogen-bond donors (Lipinski definition) is 0. The Hall–Kier alpha value is -1.66. The molecule has 1 saturated heterocycles. The van der Waals surface area contributed by atoms with Crippen LogP contribution >= 0.6 is 23.1 Å². The summed E-state index contributed by atoms with van der Waals surface area (Å²) in [6, 6.07) is 7.76. The average molecular weight is 389 g/mol. The van der Waals surface area contributed by atoms with Gasteiger partial charge in [-0.15, -0.1) is 23.1 Å². The van der Waals surface area contributed by atoms with Crippen LogP contribution in [0.15, 0.2) is 34.7 Å². The highest BCUT2D eigenvalue weighted by molar-refractivity contribution is 7.98. The second-order valence-electron chi connectivity index (χ2n) is 6.60. The Morgan fingerprint density at radius 1 is 1.35 bits per heavy atom. The summed E-state index contributed by atoms with van der Waals surface area (Å²) in [5.41, 5.74) is 3.64. The van der Waals surface area contributed by atoms with E-state index in [9.17, 15) is 9.59 Å². The lowest BCUT2D eigenvalue weighted by Crippen LogP contribution is -2.42. The first-order chi connectivity index (χ1) is 12.6. The zero-order chi connectivity index (χ0) is 18.5. The molecule has 2 aromatic rings. The zero-order valence-electron chi connectivity index (χ0n) is 15.2. The molecule has 2 heterocycles. The molecule has 1 aromatic heterocycles. The highest BCUT2D eigenvalue weighted by Crippen LogP contribution is 2.27. The molecule has 0 bridgehead atoms. The third-order valence-electron chi connectivity index (χ3n) is 4.93. The number of amides is 1. The largest absolute Gasteiger partial charge is 0.342 e. The van der Waals surface area contributed by atoms with Crippen LogP contribution in [0.3, 0.4) is 0 Å². The van der Waals surface area contributed by atoms with E-state index in [1.54, 1.807) is 23.1 Å². The van der Waals surface area contributed by atoms with Gasteiger partial charge in [0, 0.05) is 40.8 Å². The van der Waals surface area contributed by atoms with Gasteiger partial charge in [0.05, 0.1) is 11.2 Å². The van der Waals surface area contributed by atoms with Gasteiger partial charge < -0.3 is 4.90 Å². The number of nitrogens with zero attached hydrogens (tertiary/aromatic N) is 2. The predicted molar refractivity (Wildman–Crippen MR) is 107 cm³/mol. The minimum Gasteiger partial charge on any atom is -0.342 e. The molecule has 0 spiro atoms. The molecule has 1 aliphatic rings. The molecule has 26 heavy (non-hydrogen) atoms. The molecule has 0 radical (unpaired) electrons. The summed E-state index contributed by atoms with van der Waals surface area (Å²) in [4.78, 5) is 33.9. The van der Waals surface area contributed by atoms with Gasteiger partial charge in [-0.05, 0) is 38.5 Å². The molecule has 0 aliphatic carbocycles. The SMILES string of the molecule is CSc1ccccc1C(=O)C1CCCN(C(=O)CCc2scnc2C)C1. The number of rotatable bonds is 6. The second-order valence-corrected chi connectivity index (χ2v) is 8.39. The predicted octanol–water partition coefficient (Wildman–Crippen LogP) is 4.23. The molecule has 1 aliphatic heterocycles. The van der Waals surface area contributed by atoms with E-state index < -0.39 is 0 Å². The van der Waals surface area contributed by atoms with E-state index in [2.05, 4.69) is 4.98 Å². The monoisotopic (exact) mass is 388 g/mol. The normalized spacial score (nSPS) is 17.3. The number of aromatic nitrogens is 1. The van der Waals surface area contributed by atoms with Crippen molar-refractivity contribution in [3.63, 3.8) is 0 Å². The highest BCUT2D eigenvalue weighted by Gasteiger charge is 2.29. The standard InChI is InChI=1S/C20H24N2O2S2/c1-14-17(26-13-21-14)9-10-19(23)22-11-5-6-15(12-22)20(24)16-7-3-4-8-18(16)25-2/h3-4,7-8,13,15H,5-6,9-12H2,1-2H3. The summed E-state index contributed by atoms with van der Waals surface area (Å²) in [7, 11) is 0. The van der Waals surface area contributed by atoms with Crippen LogP contribution in [0.5, 0.6) is 0 Å². The lowest BCUT2D eigenvalue weighted by molar-refractivity contribution is -0.132. The molecular formula is C20H24N2O2S2. The van der Waals surface area contributed by atoms with Gasteiger partial charge in [-0.1, -0.05) is 18.2 Å². The van der Waals surface area contributed by atoms with Crippen molar-refractivity contribution in [2.75, 3.05) is 19.3 Å². The molecular weight excluding hydrogens is 364 g/mol. The number of thioether (sulfide) groups is 1. The third-order valence-corrected chi connectivity index (χ3v) is 6.72. The number of Topliss-reactive ketones (excluding diaryl/α,β-unsaturated/α-hetero) is 1. The molecule has 1 amide bonds. The van der Waals surface area contributed by atoms with Crippen molar-refractivity contribution in [1.82, 2.24) is 9.88 Å². The van der Waals surface area contributed by atoms with Crippen LogP contribution in [0.1, 0.15) is 40.2 Å². The summed E-state index contributed by atoms with van der Waals surface area (Å²) >= 11 is 3.20. The third kappa shape index (κ3) is 4.35. The number of aryl methyl sites for hydroxylation is 2. The summed E-state index contributed by atoms with van der Waals surface area (Å²) in [5.74, 6) is 0.227. The van der Waals surface area contributed by atoms with E-state index >= 15 is 0 Å². The molecule has 4 nitrogen and oxygen atoms in total. The number of benzene rings is 1. The Labute approximate surface area is 163 Å². The molecule has 6 heteroatoms. The van der Waals surface area contributed by atoms with E-state index in [1.807, 2.05) is 47.9 Å². The maximum atomic E-state index is 13.0. The van der Waals surface area contributed by atoms with Gasteiger partial charge in [-0.25, -0.2) is 4.98 Å². The van der Waals surface area contributed by atoms with Crippen LogP contribution in [-0.4, -0.2) is 40.9 Å². The molecule has 1 aromatic carbocycles. The van der Waals surface area contributed by atoms with Crippen LogP contribution in [0, 0.1) is 12.8 Å². The van der Waals surface area contributed by atoms with Gasteiger partial charge in [-0.3, -0.25) is 9.59 Å². The number of hydrogen-bond acceptors (Lipinski definition) is 5. The van der Waals surface area contributed by atoms with Gasteiger partial charge in [-0.2, -0.15) is 0 Å². The molecule has 138 valence electrons. The molecule has 0 saturated carbocycles. The zero-order valence-corrected chi connectivity index (χ0v) is 16.9. The first kappa shape index (κ1) is 19.1. The maximum Gasteiger partial charge on any atom is 0.222 e. The van der Waals surface area contributed by atoms with Crippen LogP contribution in [0.4, 0.5) is 0 Å². The Morgan fingerprint density at radius 3 is 2.88 bits per heavy atom. The Kier molecular flexibility index (Phi) is 6.48. The fourth-order valence-electron chi connectivity index (χ4n) is 3.43. The van der Waals surface area contributed by atoms with Crippen LogP contribution in [0.25, 0.3) is 0 Å². The number of likely N-dealkylation sites (tertiary alicyclic amines) is 1.